The van der Waals surface area contributed by atoms with E-state index in [0.29, 0.717) is 18.2 Å². The summed E-state index contributed by atoms with van der Waals surface area (Å²) < 4.78 is 0. The van der Waals surface area contributed by atoms with Crippen LogP contribution in [0.3, 0.4) is 0 Å². The Hall–Kier alpha value is -1.88. The Kier molecular flexibility index (Phi) is 6.08. The number of likely N-dealkylation sites (tertiary alicyclic amines) is 1. The van der Waals surface area contributed by atoms with Crippen molar-refractivity contribution in [2.45, 2.75) is 57.5 Å². The number of carbonyl (C=O) groups is 2. The summed E-state index contributed by atoms with van der Waals surface area (Å²) in [5, 5.41) is 0. The van der Waals surface area contributed by atoms with Crippen LogP contribution in [0, 0.1) is 0 Å². The Morgan fingerprint density at radius 2 is 1.64 bits per heavy atom. The largest absolute Gasteiger partial charge is 0.325 e. The van der Waals surface area contributed by atoms with Crippen molar-refractivity contribution in [3.05, 3.63) is 35.4 Å². The third kappa shape index (κ3) is 4.40. The molecule has 25 heavy (non-hydrogen) atoms. The van der Waals surface area contributed by atoms with Crippen molar-refractivity contribution in [3.63, 3.8) is 0 Å². The topological polar surface area (TPSA) is 66.6 Å². The monoisotopic (exact) mass is 343 g/mol. The molecule has 5 nitrogen and oxygen atoms in total. The average Bonchev–Trinajstić information content (AvgIpc) is 3.20. The molecule has 0 atom stereocenters. The molecular weight excluding hydrogens is 314 g/mol. The summed E-state index contributed by atoms with van der Waals surface area (Å²) in [6.07, 6.45) is 8.06. The molecule has 1 heterocycles. The lowest BCUT2D eigenvalue weighted by molar-refractivity contribution is 0.100. The van der Waals surface area contributed by atoms with Gasteiger partial charge in [0.2, 0.25) is 0 Å². The van der Waals surface area contributed by atoms with Gasteiger partial charge in [-0.25, -0.2) is 4.79 Å². The third-order valence-electron chi connectivity index (χ3n) is 5.45. The van der Waals surface area contributed by atoms with Gasteiger partial charge >= 0.3 is 6.03 Å². The molecule has 5 heteroatoms. The summed E-state index contributed by atoms with van der Waals surface area (Å²) in [6, 6.07) is 8.09. The van der Waals surface area contributed by atoms with E-state index in [-0.39, 0.29) is 18.4 Å². The van der Waals surface area contributed by atoms with E-state index in [9.17, 15) is 9.59 Å². The van der Waals surface area contributed by atoms with Gasteiger partial charge in [-0.3, -0.25) is 4.79 Å². The average molecular weight is 343 g/mol. The smallest absolute Gasteiger partial charge is 0.320 e. The summed E-state index contributed by atoms with van der Waals surface area (Å²) in [5.41, 5.74) is 7.13. The second-order valence-electron chi connectivity index (χ2n) is 7.22. The lowest BCUT2D eigenvalue weighted by atomic mass is 10.1. The molecule has 3 rings (SSSR count). The van der Waals surface area contributed by atoms with Crippen LogP contribution >= 0.6 is 0 Å². The van der Waals surface area contributed by atoms with Crippen LogP contribution in [-0.2, 0) is 6.54 Å². The first-order valence-corrected chi connectivity index (χ1v) is 9.57. The molecule has 0 radical (unpaired) electrons. The highest BCUT2D eigenvalue weighted by Gasteiger charge is 2.30. The number of nitrogens with two attached hydrogens (primary N) is 1. The molecule has 0 bridgehead atoms. The molecule has 1 aliphatic heterocycles. The van der Waals surface area contributed by atoms with E-state index < -0.39 is 0 Å². The first-order chi connectivity index (χ1) is 12.2. The Labute approximate surface area is 150 Å². The number of carbonyl (C=O) groups excluding carboxylic acids is 2. The number of ketones is 1. The molecule has 2 amide bonds. The fourth-order valence-electron chi connectivity index (χ4n) is 3.95. The van der Waals surface area contributed by atoms with E-state index in [1.807, 2.05) is 29.2 Å². The Bertz CT molecular complexity index is 587. The van der Waals surface area contributed by atoms with Crippen molar-refractivity contribution in [2.75, 3.05) is 19.6 Å². The molecule has 1 saturated carbocycles. The van der Waals surface area contributed by atoms with Crippen LogP contribution in [-0.4, -0.2) is 47.3 Å². The van der Waals surface area contributed by atoms with Crippen molar-refractivity contribution >= 4 is 11.8 Å². The fourth-order valence-corrected chi connectivity index (χ4v) is 3.95. The maximum atomic E-state index is 13.1. The van der Waals surface area contributed by atoms with Gasteiger partial charge in [0.25, 0.3) is 0 Å². The van der Waals surface area contributed by atoms with Gasteiger partial charge in [-0.15, -0.1) is 0 Å². The highest BCUT2D eigenvalue weighted by Crippen LogP contribution is 2.27. The lowest BCUT2D eigenvalue weighted by Crippen LogP contribution is -2.48. The van der Waals surface area contributed by atoms with E-state index in [2.05, 4.69) is 4.90 Å². The van der Waals surface area contributed by atoms with E-state index in [1.54, 1.807) is 0 Å². The number of piperidine rings is 1. The van der Waals surface area contributed by atoms with Crippen LogP contribution in [0.2, 0.25) is 0 Å². The number of benzene rings is 1. The van der Waals surface area contributed by atoms with Gasteiger partial charge in [-0.05, 0) is 37.7 Å². The maximum Gasteiger partial charge on any atom is 0.320 e. The fraction of sp³-hybridized carbons (Fsp3) is 0.600. The van der Waals surface area contributed by atoms with Crippen LogP contribution in [0.4, 0.5) is 4.79 Å². The van der Waals surface area contributed by atoms with Crippen LogP contribution in [0.25, 0.3) is 0 Å². The highest BCUT2D eigenvalue weighted by molar-refractivity contribution is 5.97. The number of rotatable bonds is 5. The Morgan fingerprint density at radius 3 is 2.24 bits per heavy atom. The normalized spacial score (nSPS) is 18.4. The molecular formula is C20H29N3O2. The number of amides is 2. The van der Waals surface area contributed by atoms with Crippen molar-refractivity contribution in [1.82, 2.24) is 9.80 Å². The van der Waals surface area contributed by atoms with Gasteiger partial charge in [-0.1, -0.05) is 37.1 Å². The van der Waals surface area contributed by atoms with Gasteiger partial charge in [0.1, 0.15) is 0 Å². The van der Waals surface area contributed by atoms with Crippen molar-refractivity contribution in [3.8, 4) is 0 Å². The van der Waals surface area contributed by atoms with Crippen molar-refractivity contribution in [2.24, 2.45) is 5.73 Å². The van der Waals surface area contributed by atoms with E-state index in [1.165, 1.54) is 19.3 Å². The van der Waals surface area contributed by atoms with Crippen LogP contribution in [0.15, 0.2) is 24.3 Å². The first-order valence-electron chi connectivity index (χ1n) is 9.57. The number of hydrogen-bond donors (Lipinski definition) is 1. The van der Waals surface area contributed by atoms with Crippen LogP contribution < -0.4 is 5.73 Å². The van der Waals surface area contributed by atoms with Gasteiger partial charge in [0.05, 0.1) is 6.54 Å². The minimum absolute atomic E-state index is 0.0288. The molecule has 1 aromatic carbocycles. The van der Waals surface area contributed by atoms with E-state index in [0.717, 1.165) is 44.3 Å². The molecule has 0 spiro atoms. The Balaban J connectivity index is 1.72. The molecule has 2 aliphatic rings. The molecule has 2 fully saturated rings. The van der Waals surface area contributed by atoms with Gasteiger partial charge in [0, 0.05) is 31.2 Å². The lowest BCUT2D eigenvalue weighted by Gasteiger charge is -2.36. The number of hydrogen-bond acceptors (Lipinski definition) is 3. The zero-order valence-corrected chi connectivity index (χ0v) is 15.0. The Morgan fingerprint density at radius 1 is 1.00 bits per heavy atom. The highest BCUT2D eigenvalue weighted by atomic mass is 16.2. The number of urea groups is 1. The second kappa shape index (κ2) is 8.48. The molecule has 2 N–H and O–H groups in total. The molecule has 1 saturated heterocycles. The predicted molar refractivity (Wildman–Crippen MR) is 98.4 cm³/mol. The van der Waals surface area contributed by atoms with Gasteiger partial charge in [0.15, 0.2) is 5.78 Å². The molecule has 0 aromatic heterocycles. The standard InChI is InChI=1S/C20H29N3O2/c21-14-19(24)17-10-8-16(9-11-17)15-23(18-6-2-3-7-18)20(25)22-12-4-1-5-13-22/h8-11,18H,1-7,12-15,21H2. The van der Waals surface area contributed by atoms with Crippen molar-refractivity contribution in [1.29, 1.82) is 0 Å². The summed E-state index contributed by atoms with van der Waals surface area (Å²) >= 11 is 0. The quantitative estimate of drug-likeness (QED) is 0.835. The zero-order chi connectivity index (χ0) is 17.6. The summed E-state index contributed by atoms with van der Waals surface area (Å²) in [5.74, 6) is -0.0522. The van der Waals surface area contributed by atoms with E-state index in [4.69, 9.17) is 5.73 Å². The second-order valence-corrected chi connectivity index (χ2v) is 7.22. The van der Waals surface area contributed by atoms with Gasteiger partial charge in [-0.2, -0.15) is 0 Å². The molecule has 136 valence electrons. The maximum absolute atomic E-state index is 13.1. The first kappa shape index (κ1) is 17.9. The number of nitrogens with zero attached hydrogens (tertiary/aromatic N) is 2. The van der Waals surface area contributed by atoms with Crippen LogP contribution in [0.5, 0.6) is 0 Å². The molecule has 1 aromatic rings. The van der Waals surface area contributed by atoms with Gasteiger partial charge < -0.3 is 15.5 Å². The van der Waals surface area contributed by atoms with Crippen LogP contribution in [0.1, 0.15) is 60.9 Å². The van der Waals surface area contributed by atoms with E-state index >= 15 is 0 Å². The molecule has 1 aliphatic carbocycles. The minimum Gasteiger partial charge on any atom is -0.325 e. The van der Waals surface area contributed by atoms with Crippen molar-refractivity contribution < 1.29 is 9.59 Å². The summed E-state index contributed by atoms with van der Waals surface area (Å²) in [7, 11) is 0. The minimum atomic E-state index is -0.0522. The molecule has 0 unspecified atom stereocenters. The zero-order valence-electron chi connectivity index (χ0n) is 15.0. The SMILES string of the molecule is NCC(=O)c1ccc(CN(C(=O)N2CCCCC2)C2CCCC2)cc1. The predicted octanol–water partition coefficient (Wildman–Crippen LogP) is 3.18. The summed E-state index contributed by atoms with van der Waals surface area (Å²) in [4.78, 5) is 28.9. The number of Topliss-reactive ketones (excluding diaryl/α,β-unsaturated/α-hetero) is 1. The third-order valence-corrected chi connectivity index (χ3v) is 5.45. The summed E-state index contributed by atoms with van der Waals surface area (Å²) in [6.45, 7) is 2.41.